The first-order valence-corrected chi connectivity index (χ1v) is 19.1. The van der Waals surface area contributed by atoms with Crippen molar-refractivity contribution in [3.05, 3.63) is 193 Å². The van der Waals surface area contributed by atoms with Gasteiger partial charge >= 0.3 is 0 Å². The molecule has 9 aromatic carbocycles. The Bertz CT molecular complexity index is 3150. The lowest BCUT2D eigenvalue weighted by molar-refractivity contribution is 0.672. The van der Waals surface area contributed by atoms with Crippen LogP contribution in [-0.4, -0.2) is 9.97 Å². The van der Waals surface area contributed by atoms with E-state index in [2.05, 4.69) is 178 Å². The van der Waals surface area contributed by atoms with Crippen molar-refractivity contribution in [3.8, 4) is 56.2 Å². The minimum absolute atomic E-state index is 0.179. The maximum absolute atomic E-state index is 5.16. The molecule has 2 nitrogen and oxygen atoms in total. The summed E-state index contributed by atoms with van der Waals surface area (Å²) in [6.07, 6.45) is 0. The molecule has 1 aromatic heterocycles. The predicted molar refractivity (Wildman–Crippen MR) is 231 cm³/mol. The van der Waals surface area contributed by atoms with Gasteiger partial charge in [-0.05, 0) is 88.6 Å². The van der Waals surface area contributed by atoms with Crippen LogP contribution in [0.15, 0.2) is 182 Å². The van der Waals surface area contributed by atoms with Gasteiger partial charge in [0.2, 0.25) is 0 Å². The van der Waals surface area contributed by atoms with Crippen LogP contribution >= 0.6 is 0 Å². The van der Waals surface area contributed by atoms with Gasteiger partial charge in [0.1, 0.15) is 0 Å². The van der Waals surface area contributed by atoms with Crippen LogP contribution in [0.3, 0.4) is 0 Å². The molecule has 55 heavy (non-hydrogen) atoms. The third kappa shape index (κ3) is 4.81. The molecule has 0 N–H and O–H groups in total. The first kappa shape index (κ1) is 31.6. The number of benzene rings is 9. The van der Waals surface area contributed by atoms with E-state index in [1.54, 1.807) is 0 Å². The quantitative estimate of drug-likeness (QED) is 0.171. The highest BCUT2D eigenvalue weighted by molar-refractivity contribution is 6.20. The minimum Gasteiger partial charge on any atom is -0.228 e. The summed E-state index contributed by atoms with van der Waals surface area (Å²) in [5.74, 6) is 0.718. The first-order valence-electron chi connectivity index (χ1n) is 19.1. The van der Waals surface area contributed by atoms with Gasteiger partial charge in [-0.25, -0.2) is 9.97 Å². The van der Waals surface area contributed by atoms with Gasteiger partial charge in [-0.2, -0.15) is 0 Å². The van der Waals surface area contributed by atoms with E-state index in [1.807, 2.05) is 18.2 Å². The van der Waals surface area contributed by atoms with Crippen LogP contribution in [0.25, 0.3) is 99.2 Å². The second kappa shape index (κ2) is 12.1. The zero-order valence-electron chi connectivity index (χ0n) is 30.7. The fourth-order valence-corrected chi connectivity index (χ4v) is 9.40. The predicted octanol–water partition coefficient (Wildman–Crippen LogP) is 14.1. The molecule has 1 aliphatic carbocycles. The van der Waals surface area contributed by atoms with Gasteiger partial charge in [0, 0.05) is 22.1 Å². The van der Waals surface area contributed by atoms with Crippen LogP contribution in [0.2, 0.25) is 0 Å². The summed E-state index contributed by atoms with van der Waals surface area (Å²) in [6.45, 7) is 4.83. The van der Waals surface area contributed by atoms with Gasteiger partial charge in [0.05, 0.1) is 11.4 Å². The van der Waals surface area contributed by atoms with Gasteiger partial charge in [0.15, 0.2) is 5.82 Å². The Morgan fingerprint density at radius 2 is 0.891 bits per heavy atom. The molecule has 0 spiro atoms. The smallest absolute Gasteiger partial charge is 0.160 e. The second-order valence-electron chi connectivity index (χ2n) is 15.3. The summed E-state index contributed by atoms with van der Waals surface area (Å²) < 4.78 is 0. The van der Waals surface area contributed by atoms with E-state index < -0.39 is 0 Å². The molecule has 0 aliphatic heterocycles. The molecule has 0 atom stereocenters. The molecule has 0 radical (unpaired) electrons. The number of hydrogen-bond donors (Lipinski definition) is 0. The molecule has 0 fully saturated rings. The van der Waals surface area contributed by atoms with Crippen LogP contribution < -0.4 is 0 Å². The van der Waals surface area contributed by atoms with Crippen molar-refractivity contribution >= 4 is 43.1 Å². The summed E-state index contributed by atoms with van der Waals surface area (Å²) >= 11 is 0. The van der Waals surface area contributed by atoms with Crippen molar-refractivity contribution in [2.75, 3.05) is 0 Å². The molecule has 1 heterocycles. The van der Waals surface area contributed by atoms with Gasteiger partial charge in [-0.1, -0.05) is 184 Å². The molecule has 0 saturated heterocycles. The summed E-state index contributed by atoms with van der Waals surface area (Å²) in [7, 11) is 0. The minimum atomic E-state index is -0.179. The standard InChI is InChI=1S/C53H36N2/c1-53(2)50-43-24-12-10-22-40(43)45(31-46(50)49-42-23-11-8-20-38(42)39-21-9-13-25-44(39)51(49)53)34-27-29-35(30-28-34)47-32-48(55-52(54-47)36-16-4-3-5-17-36)41-26-14-18-33-15-6-7-19-37(33)41/h3-32H,1-2H3. The summed E-state index contributed by atoms with van der Waals surface area (Å²) in [6, 6.07) is 65.7. The van der Waals surface area contributed by atoms with Crippen LogP contribution in [0.1, 0.15) is 25.0 Å². The molecular weight excluding hydrogens is 665 g/mol. The van der Waals surface area contributed by atoms with Crippen molar-refractivity contribution in [1.29, 1.82) is 0 Å². The van der Waals surface area contributed by atoms with E-state index in [-0.39, 0.29) is 5.41 Å². The van der Waals surface area contributed by atoms with Crippen molar-refractivity contribution in [2.24, 2.45) is 0 Å². The largest absolute Gasteiger partial charge is 0.228 e. The van der Waals surface area contributed by atoms with E-state index >= 15 is 0 Å². The highest BCUT2D eigenvalue weighted by Gasteiger charge is 2.40. The lowest BCUT2D eigenvalue weighted by Gasteiger charge is -2.25. The lowest BCUT2D eigenvalue weighted by atomic mass is 9.77. The fourth-order valence-electron chi connectivity index (χ4n) is 9.40. The molecule has 10 aromatic rings. The van der Waals surface area contributed by atoms with Crippen molar-refractivity contribution < 1.29 is 0 Å². The number of hydrogen-bond acceptors (Lipinski definition) is 2. The zero-order chi connectivity index (χ0) is 36.7. The molecule has 0 bridgehead atoms. The maximum Gasteiger partial charge on any atom is 0.160 e. The van der Waals surface area contributed by atoms with E-state index in [0.717, 1.165) is 33.9 Å². The molecule has 11 rings (SSSR count). The monoisotopic (exact) mass is 700 g/mol. The fraction of sp³-hybridized carbons (Fsp3) is 0.0566. The Balaban J connectivity index is 1.10. The van der Waals surface area contributed by atoms with E-state index in [9.17, 15) is 0 Å². The SMILES string of the molecule is CC1(C)c2c(cc(-c3ccc(-c4cc(-c5cccc6ccccc56)nc(-c5ccccc5)n4)cc3)c3ccccc23)-c2c1c1ccccc1c1ccccc21. The number of rotatable bonds is 4. The maximum atomic E-state index is 5.16. The molecule has 258 valence electrons. The lowest BCUT2D eigenvalue weighted by Crippen LogP contribution is -2.16. The molecule has 0 amide bonds. The molecule has 0 unspecified atom stereocenters. The Morgan fingerprint density at radius 3 is 1.64 bits per heavy atom. The van der Waals surface area contributed by atoms with Gasteiger partial charge in [0.25, 0.3) is 0 Å². The van der Waals surface area contributed by atoms with Crippen molar-refractivity contribution in [1.82, 2.24) is 9.97 Å². The third-order valence-corrected chi connectivity index (χ3v) is 11.8. The summed E-state index contributed by atoms with van der Waals surface area (Å²) in [4.78, 5) is 10.3. The summed E-state index contributed by atoms with van der Waals surface area (Å²) in [5, 5.41) is 10.3. The van der Waals surface area contributed by atoms with E-state index in [1.165, 1.54) is 76.5 Å². The molecule has 1 aliphatic rings. The number of nitrogens with zero attached hydrogens (tertiary/aromatic N) is 2. The average molecular weight is 701 g/mol. The third-order valence-electron chi connectivity index (χ3n) is 11.8. The highest BCUT2D eigenvalue weighted by atomic mass is 14.9. The van der Waals surface area contributed by atoms with Crippen molar-refractivity contribution in [3.63, 3.8) is 0 Å². The Morgan fingerprint density at radius 1 is 0.345 bits per heavy atom. The van der Waals surface area contributed by atoms with Gasteiger partial charge in [-0.15, -0.1) is 0 Å². The van der Waals surface area contributed by atoms with E-state index in [0.29, 0.717) is 0 Å². The van der Waals surface area contributed by atoms with Crippen molar-refractivity contribution in [2.45, 2.75) is 19.3 Å². The van der Waals surface area contributed by atoms with Gasteiger partial charge in [-0.3, -0.25) is 0 Å². The zero-order valence-corrected chi connectivity index (χ0v) is 30.7. The topological polar surface area (TPSA) is 25.8 Å². The average Bonchev–Trinajstić information content (AvgIpc) is 3.50. The number of aromatic nitrogens is 2. The summed E-state index contributed by atoms with van der Waals surface area (Å²) in [5.41, 5.74) is 12.8. The van der Waals surface area contributed by atoms with Crippen LogP contribution in [0, 0.1) is 0 Å². The highest BCUT2D eigenvalue weighted by Crippen LogP contribution is 2.57. The van der Waals surface area contributed by atoms with Crippen LogP contribution in [-0.2, 0) is 5.41 Å². The number of fused-ring (bicyclic) bond motifs is 11. The first-order chi connectivity index (χ1) is 27.0. The Kier molecular flexibility index (Phi) is 6.93. The molecular formula is C53H36N2. The normalized spacial score (nSPS) is 13.1. The second-order valence-corrected chi connectivity index (χ2v) is 15.3. The molecule has 0 saturated carbocycles. The Hall–Kier alpha value is -6.90. The van der Waals surface area contributed by atoms with Crippen LogP contribution in [0.4, 0.5) is 0 Å². The Labute approximate surface area is 320 Å². The van der Waals surface area contributed by atoms with Gasteiger partial charge < -0.3 is 0 Å². The molecule has 2 heteroatoms. The van der Waals surface area contributed by atoms with E-state index in [4.69, 9.17) is 9.97 Å². The van der Waals surface area contributed by atoms with Crippen LogP contribution in [0.5, 0.6) is 0 Å².